The SMILES string of the molecule is CCCS(=O)(=O)N[C@@H]1C[C@@H](c2nc(C)no2)N(C)C1. The molecule has 8 heteroatoms. The van der Waals surface area contributed by atoms with Crippen molar-refractivity contribution in [3.63, 3.8) is 0 Å². The summed E-state index contributed by atoms with van der Waals surface area (Å²) in [6, 6.07) is -0.116. The summed E-state index contributed by atoms with van der Waals surface area (Å²) < 4.78 is 31.4. The number of nitrogens with zero attached hydrogens (tertiary/aromatic N) is 3. The van der Waals surface area contributed by atoms with Gasteiger partial charge in [-0.05, 0) is 26.8 Å². The van der Waals surface area contributed by atoms with Crippen LogP contribution in [0.1, 0.15) is 37.5 Å². The Kier molecular flexibility index (Phi) is 4.22. The van der Waals surface area contributed by atoms with E-state index in [9.17, 15) is 8.42 Å². The number of rotatable bonds is 5. The van der Waals surface area contributed by atoms with E-state index in [0.29, 0.717) is 31.1 Å². The predicted octanol–water partition coefficient (Wildman–Crippen LogP) is 0.453. The Morgan fingerprint density at radius 1 is 1.53 bits per heavy atom. The van der Waals surface area contributed by atoms with Gasteiger partial charge >= 0.3 is 0 Å². The Labute approximate surface area is 113 Å². The van der Waals surface area contributed by atoms with Gasteiger partial charge in [0.2, 0.25) is 15.9 Å². The van der Waals surface area contributed by atoms with Crippen LogP contribution in [-0.2, 0) is 10.0 Å². The molecule has 0 unspecified atom stereocenters. The van der Waals surface area contributed by atoms with E-state index in [4.69, 9.17) is 4.52 Å². The lowest BCUT2D eigenvalue weighted by molar-refractivity contribution is 0.244. The molecule has 1 fully saturated rings. The summed E-state index contributed by atoms with van der Waals surface area (Å²) in [4.78, 5) is 6.25. The third-order valence-corrected chi connectivity index (χ3v) is 4.83. The average Bonchev–Trinajstić information content (AvgIpc) is 2.84. The Balaban J connectivity index is 2.01. The number of nitrogens with one attached hydrogen (secondary N) is 1. The number of hydrogen-bond donors (Lipinski definition) is 1. The molecule has 0 saturated carbocycles. The van der Waals surface area contributed by atoms with E-state index in [2.05, 4.69) is 14.9 Å². The first-order chi connectivity index (χ1) is 8.91. The second kappa shape index (κ2) is 5.56. The highest BCUT2D eigenvalue weighted by Gasteiger charge is 2.35. The van der Waals surface area contributed by atoms with Crippen molar-refractivity contribution in [2.24, 2.45) is 0 Å². The molecule has 1 N–H and O–H groups in total. The molecule has 2 atom stereocenters. The van der Waals surface area contributed by atoms with Crippen LogP contribution in [0.3, 0.4) is 0 Å². The van der Waals surface area contributed by atoms with Crippen molar-refractivity contribution in [2.75, 3.05) is 19.3 Å². The fraction of sp³-hybridized carbons (Fsp3) is 0.818. The lowest BCUT2D eigenvalue weighted by Crippen LogP contribution is -2.37. The van der Waals surface area contributed by atoms with Crippen molar-refractivity contribution in [1.29, 1.82) is 0 Å². The highest BCUT2D eigenvalue weighted by molar-refractivity contribution is 7.89. The van der Waals surface area contributed by atoms with Gasteiger partial charge in [0.1, 0.15) is 0 Å². The van der Waals surface area contributed by atoms with E-state index in [1.165, 1.54) is 0 Å². The molecule has 7 nitrogen and oxygen atoms in total. The van der Waals surface area contributed by atoms with Crippen LogP contribution >= 0.6 is 0 Å². The zero-order valence-electron chi connectivity index (χ0n) is 11.5. The normalized spacial score (nSPS) is 25.0. The summed E-state index contributed by atoms with van der Waals surface area (Å²) in [6.45, 7) is 4.27. The van der Waals surface area contributed by atoms with Gasteiger partial charge in [-0.25, -0.2) is 13.1 Å². The van der Waals surface area contributed by atoms with E-state index in [0.717, 1.165) is 0 Å². The van der Waals surface area contributed by atoms with Crippen LogP contribution in [-0.4, -0.2) is 48.8 Å². The lowest BCUT2D eigenvalue weighted by Gasteiger charge is -2.14. The molecule has 1 aliphatic heterocycles. The third kappa shape index (κ3) is 3.52. The van der Waals surface area contributed by atoms with Gasteiger partial charge in [0.05, 0.1) is 11.8 Å². The van der Waals surface area contributed by atoms with Gasteiger partial charge < -0.3 is 4.52 Å². The Morgan fingerprint density at radius 2 is 2.26 bits per heavy atom. The number of likely N-dealkylation sites (N-methyl/N-ethyl adjacent to an activating group) is 1. The zero-order chi connectivity index (χ0) is 14.0. The zero-order valence-corrected chi connectivity index (χ0v) is 12.3. The molecule has 1 aromatic heterocycles. The van der Waals surface area contributed by atoms with Gasteiger partial charge in [0.25, 0.3) is 0 Å². The molecule has 1 aromatic rings. The molecule has 2 rings (SSSR count). The summed E-state index contributed by atoms with van der Waals surface area (Å²) in [7, 11) is -1.25. The van der Waals surface area contributed by atoms with Crippen molar-refractivity contribution >= 4 is 10.0 Å². The summed E-state index contributed by atoms with van der Waals surface area (Å²) in [5.41, 5.74) is 0. The maximum atomic E-state index is 11.8. The van der Waals surface area contributed by atoms with E-state index in [1.807, 2.05) is 18.9 Å². The first kappa shape index (κ1) is 14.4. The summed E-state index contributed by atoms with van der Waals surface area (Å²) >= 11 is 0. The molecule has 0 spiro atoms. The fourth-order valence-electron chi connectivity index (χ4n) is 2.40. The van der Waals surface area contributed by atoms with Gasteiger partial charge in [-0.3, -0.25) is 4.90 Å². The average molecular weight is 288 g/mol. The highest BCUT2D eigenvalue weighted by Crippen LogP contribution is 2.29. The first-order valence-electron chi connectivity index (χ1n) is 6.41. The second-order valence-corrected chi connectivity index (χ2v) is 6.88. The Hall–Kier alpha value is -0.990. The minimum absolute atomic E-state index is 0.0180. The number of aryl methyl sites for hydroxylation is 1. The molecule has 19 heavy (non-hydrogen) atoms. The van der Waals surface area contributed by atoms with Crippen LogP contribution in [0.4, 0.5) is 0 Å². The minimum Gasteiger partial charge on any atom is -0.338 e. The third-order valence-electron chi connectivity index (χ3n) is 3.20. The number of likely N-dealkylation sites (tertiary alicyclic amines) is 1. The quantitative estimate of drug-likeness (QED) is 0.846. The van der Waals surface area contributed by atoms with E-state index in [-0.39, 0.29) is 17.8 Å². The van der Waals surface area contributed by atoms with Crippen molar-refractivity contribution < 1.29 is 12.9 Å². The lowest BCUT2D eigenvalue weighted by atomic mass is 10.2. The molecule has 0 radical (unpaired) electrons. The van der Waals surface area contributed by atoms with Crippen LogP contribution in [0.15, 0.2) is 4.52 Å². The summed E-state index contributed by atoms with van der Waals surface area (Å²) in [5, 5.41) is 3.77. The fourth-order valence-corrected chi connectivity index (χ4v) is 3.74. The largest absolute Gasteiger partial charge is 0.338 e. The van der Waals surface area contributed by atoms with Crippen molar-refractivity contribution in [2.45, 2.75) is 38.8 Å². The summed E-state index contributed by atoms with van der Waals surface area (Å²) in [5.74, 6) is 1.31. The Bertz CT molecular complexity index is 528. The number of aromatic nitrogens is 2. The van der Waals surface area contributed by atoms with Crippen LogP contribution in [0.2, 0.25) is 0 Å². The molecule has 1 aliphatic rings. The van der Waals surface area contributed by atoms with E-state index < -0.39 is 10.0 Å². The van der Waals surface area contributed by atoms with Gasteiger partial charge in [-0.15, -0.1) is 0 Å². The molecule has 0 aliphatic carbocycles. The maximum Gasteiger partial charge on any atom is 0.244 e. The molecule has 2 heterocycles. The first-order valence-corrected chi connectivity index (χ1v) is 8.07. The molecule has 0 amide bonds. The van der Waals surface area contributed by atoms with Gasteiger partial charge in [0, 0.05) is 12.6 Å². The molecular weight excluding hydrogens is 268 g/mol. The van der Waals surface area contributed by atoms with Crippen molar-refractivity contribution in [3.05, 3.63) is 11.7 Å². The van der Waals surface area contributed by atoms with E-state index >= 15 is 0 Å². The van der Waals surface area contributed by atoms with Crippen LogP contribution in [0.5, 0.6) is 0 Å². The van der Waals surface area contributed by atoms with Crippen molar-refractivity contribution in [3.8, 4) is 0 Å². The predicted molar refractivity (Wildman–Crippen MR) is 70.0 cm³/mol. The smallest absolute Gasteiger partial charge is 0.244 e. The number of hydrogen-bond acceptors (Lipinski definition) is 6. The standard InChI is InChI=1S/C11H20N4O3S/c1-4-5-19(16,17)14-9-6-10(15(3)7-9)11-12-8(2)13-18-11/h9-10,14H,4-7H2,1-3H3/t9-,10+/m1/s1. The molecular formula is C11H20N4O3S. The van der Waals surface area contributed by atoms with Gasteiger partial charge in [-0.2, -0.15) is 4.98 Å². The van der Waals surface area contributed by atoms with Crippen LogP contribution < -0.4 is 4.72 Å². The topological polar surface area (TPSA) is 88.3 Å². The van der Waals surface area contributed by atoms with Gasteiger partial charge in [0.15, 0.2) is 5.82 Å². The second-order valence-electron chi connectivity index (χ2n) is 5.00. The molecule has 0 aromatic carbocycles. The summed E-state index contributed by atoms with van der Waals surface area (Å²) in [6.07, 6.45) is 1.27. The molecule has 1 saturated heterocycles. The van der Waals surface area contributed by atoms with Crippen LogP contribution in [0, 0.1) is 6.92 Å². The molecule has 108 valence electrons. The van der Waals surface area contributed by atoms with Crippen LogP contribution in [0.25, 0.3) is 0 Å². The maximum absolute atomic E-state index is 11.8. The highest BCUT2D eigenvalue weighted by atomic mass is 32.2. The Morgan fingerprint density at radius 3 is 2.84 bits per heavy atom. The minimum atomic E-state index is -3.18. The number of sulfonamides is 1. The van der Waals surface area contributed by atoms with E-state index in [1.54, 1.807) is 6.92 Å². The molecule has 0 bridgehead atoms. The van der Waals surface area contributed by atoms with Gasteiger partial charge in [-0.1, -0.05) is 12.1 Å². The van der Waals surface area contributed by atoms with Crippen molar-refractivity contribution in [1.82, 2.24) is 19.8 Å². The monoisotopic (exact) mass is 288 g/mol.